The smallest absolute Gasteiger partial charge is 0.0637 e. The topological polar surface area (TPSA) is 115 Å². The van der Waals surface area contributed by atoms with Crippen molar-refractivity contribution in [2.75, 3.05) is 52.7 Å². The molecule has 4 rings (SSSR count). The molecule has 7 nitrogen and oxygen atoms in total. The maximum atomic E-state index is 6.97. The predicted molar refractivity (Wildman–Crippen MR) is 176 cm³/mol. The lowest BCUT2D eigenvalue weighted by molar-refractivity contribution is -0.227. The number of nitrogens with two attached hydrogens (primary N) is 3. The van der Waals surface area contributed by atoms with Crippen molar-refractivity contribution >= 4 is 0 Å². The third-order valence-electron chi connectivity index (χ3n) is 12.8. The Kier molecular flexibility index (Phi) is 14.1. The van der Waals surface area contributed by atoms with Gasteiger partial charge in [0.05, 0.1) is 18.3 Å². The van der Waals surface area contributed by atoms with Crippen molar-refractivity contribution in [2.24, 2.45) is 63.5 Å². The molecule has 7 heteroatoms. The van der Waals surface area contributed by atoms with Gasteiger partial charge in [-0.3, -0.25) is 0 Å². The summed E-state index contributed by atoms with van der Waals surface area (Å²) in [5.74, 6) is 3.82. The van der Waals surface area contributed by atoms with Crippen molar-refractivity contribution in [1.82, 2.24) is 0 Å². The minimum absolute atomic E-state index is 0.167. The molecule has 0 aromatic carbocycles. The average molecular weight is 608 g/mol. The Morgan fingerprint density at radius 1 is 0.744 bits per heavy atom. The minimum atomic E-state index is 0.167. The number of hydrogen-bond acceptors (Lipinski definition) is 7. The maximum absolute atomic E-state index is 6.97. The zero-order chi connectivity index (χ0) is 30.9. The molecule has 252 valence electrons. The second kappa shape index (κ2) is 17.0. The van der Waals surface area contributed by atoms with Crippen LogP contribution in [0.2, 0.25) is 0 Å². The van der Waals surface area contributed by atoms with Gasteiger partial charge in [-0.05, 0) is 144 Å². The third-order valence-corrected chi connectivity index (χ3v) is 12.8. The van der Waals surface area contributed by atoms with E-state index in [2.05, 4.69) is 27.7 Å². The number of fused-ring (bicyclic) bond motifs is 5. The average Bonchev–Trinajstić information content (AvgIpc) is 3.36. The van der Waals surface area contributed by atoms with Crippen molar-refractivity contribution in [2.45, 2.75) is 129 Å². The van der Waals surface area contributed by atoms with Gasteiger partial charge in [-0.15, -0.1) is 0 Å². The van der Waals surface area contributed by atoms with E-state index in [1.165, 1.54) is 38.5 Å². The highest BCUT2D eigenvalue weighted by atomic mass is 16.5. The van der Waals surface area contributed by atoms with Crippen molar-refractivity contribution < 1.29 is 18.9 Å². The van der Waals surface area contributed by atoms with Crippen molar-refractivity contribution in [3.8, 4) is 0 Å². The summed E-state index contributed by atoms with van der Waals surface area (Å²) in [5, 5.41) is 0. The van der Waals surface area contributed by atoms with Gasteiger partial charge in [0, 0.05) is 38.4 Å². The van der Waals surface area contributed by atoms with Crippen LogP contribution in [-0.2, 0) is 18.9 Å². The summed E-state index contributed by atoms with van der Waals surface area (Å²) in [7, 11) is 0. The fraction of sp³-hybridized carbons (Fsp3) is 1.00. The highest BCUT2D eigenvalue weighted by Crippen LogP contribution is 2.69. The first kappa shape index (κ1) is 35.6. The molecule has 4 aliphatic carbocycles. The van der Waals surface area contributed by atoms with Crippen LogP contribution in [0.15, 0.2) is 0 Å². The lowest BCUT2D eigenvalue weighted by atomic mass is 9.43. The zero-order valence-corrected chi connectivity index (χ0v) is 28.4. The summed E-state index contributed by atoms with van der Waals surface area (Å²) in [6, 6.07) is 0. The second-order valence-electron chi connectivity index (χ2n) is 15.2. The second-order valence-corrected chi connectivity index (χ2v) is 15.2. The summed E-state index contributed by atoms with van der Waals surface area (Å²) in [5.41, 5.74) is 18.1. The first-order chi connectivity index (χ1) is 20.8. The molecule has 0 aliphatic heterocycles. The summed E-state index contributed by atoms with van der Waals surface area (Å²) in [6.07, 6.45) is 15.8. The van der Waals surface area contributed by atoms with Gasteiger partial charge in [-0.2, -0.15) is 0 Å². The summed E-state index contributed by atoms with van der Waals surface area (Å²) in [6.45, 7) is 16.2. The lowest BCUT2D eigenvalue weighted by Gasteiger charge is -2.65. The molecule has 0 amide bonds. The van der Waals surface area contributed by atoms with E-state index in [9.17, 15) is 0 Å². The van der Waals surface area contributed by atoms with Gasteiger partial charge in [-0.25, -0.2) is 0 Å². The quantitative estimate of drug-likeness (QED) is 0.156. The Hall–Kier alpha value is -0.280. The van der Waals surface area contributed by atoms with Crippen LogP contribution in [0.25, 0.3) is 0 Å². The Labute approximate surface area is 264 Å². The molecule has 0 saturated heterocycles. The van der Waals surface area contributed by atoms with Crippen molar-refractivity contribution in [3.05, 3.63) is 0 Å². The maximum Gasteiger partial charge on any atom is 0.0637 e. The van der Waals surface area contributed by atoms with Gasteiger partial charge in [0.15, 0.2) is 0 Å². The van der Waals surface area contributed by atoms with Gasteiger partial charge in [-0.1, -0.05) is 27.7 Å². The Morgan fingerprint density at radius 2 is 1.44 bits per heavy atom. The van der Waals surface area contributed by atoms with Crippen LogP contribution in [0.5, 0.6) is 0 Å². The van der Waals surface area contributed by atoms with Gasteiger partial charge in [0.1, 0.15) is 0 Å². The molecule has 6 N–H and O–H groups in total. The molecule has 4 saturated carbocycles. The van der Waals surface area contributed by atoms with Crippen molar-refractivity contribution in [1.29, 1.82) is 0 Å². The number of hydrogen-bond donors (Lipinski definition) is 3. The molecular weight excluding hydrogens is 538 g/mol. The molecular formula is C36H69N3O4. The fourth-order valence-electron chi connectivity index (χ4n) is 10.6. The monoisotopic (exact) mass is 608 g/mol. The van der Waals surface area contributed by atoms with Crippen LogP contribution in [0, 0.1) is 46.3 Å². The van der Waals surface area contributed by atoms with E-state index in [0.29, 0.717) is 72.8 Å². The van der Waals surface area contributed by atoms with Gasteiger partial charge in [0.25, 0.3) is 0 Å². The van der Waals surface area contributed by atoms with E-state index in [-0.39, 0.29) is 11.5 Å². The van der Waals surface area contributed by atoms with Crippen LogP contribution in [0.1, 0.15) is 111 Å². The Balaban J connectivity index is 1.59. The number of ether oxygens (including phenoxy) is 4. The lowest BCUT2D eigenvalue weighted by Crippen LogP contribution is -2.63. The van der Waals surface area contributed by atoms with E-state index in [1.807, 2.05) is 0 Å². The largest absolute Gasteiger partial charge is 0.381 e. The van der Waals surface area contributed by atoms with E-state index < -0.39 is 0 Å². The van der Waals surface area contributed by atoms with Crippen LogP contribution in [0.4, 0.5) is 0 Å². The van der Waals surface area contributed by atoms with E-state index in [4.69, 9.17) is 36.1 Å². The first-order valence-corrected chi connectivity index (χ1v) is 18.4. The molecule has 4 aliphatic rings. The van der Waals surface area contributed by atoms with Crippen LogP contribution >= 0.6 is 0 Å². The molecule has 0 aromatic rings. The minimum Gasteiger partial charge on any atom is -0.381 e. The van der Waals surface area contributed by atoms with E-state index in [1.54, 1.807) is 0 Å². The van der Waals surface area contributed by atoms with Gasteiger partial charge >= 0.3 is 0 Å². The molecule has 5 unspecified atom stereocenters. The first-order valence-electron chi connectivity index (χ1n) is 18.4. The Bertz CT molecular complexity index is 802. The molecule has 0 aromatic heterocycles. The molecule has 43 heavy (non-hydrogen) atoms. The summed E-state index contributed by atoms with van der Waals surface area (Å²) >= 11 is 0. The summed E-state index contributed by atoms with van der Waals surface area (Å²) < 4.78 is 26.1. The standard InChI is InChI=1S/C36H69N3O4/c1-5-18-40-19-6-10-26(2)29-11-12-30-34-31(25-33(36(29,30)4)43-22-9-17-39)35(3)14-13-28(41-20-7-15-37)23-27(35)24-32(34)42-21-8-16-38/h26-34H,5-25,37-39H2,1-4H3/t26-,27?,28-,29?,30+,31+,32-,33+,34?,35?,36?/m1/s1. The molecule has 0 heterocycles. The van der Waals surface area contributed by atoms with Crippen LogP contribution in [-0.4, -0.2) is 71.0 Å². The molecule has 0 bridgehead atoms. The zero-order valence-electron chi connectivity index (χ0n) is 28.4. The van der Waals surface area contributed by atoms with Crippen LogP contribution < -0.4 is 17.2 Å². The highest BCUT2D eigenvalue weighted by molar-refractivity contribution is 5.15. The van der Waals surface area contributed by atoms with E-state index >= 15 is 0 Å². The molecule has 11 atom stereocenters. The SMILES string of the molecule is CCCOCCC[C@@H](C)C1CC[C@H]2C3[C@H](OCCCN)CC4C[C@H](OCCCN)CCC4(C)[C@H]3C[C@H](OCCCN)C12C. The highest BCUT2D eigenvalue weighted by Gasteiger charge is 2.66. The van der Waals surface area contributed by atoms with Gasteiger partial charge in [0.2, 0.25) is 0 Å². The fourth-order valence-corrected chi connectivity index (χ4v) is 10.6. The third kappa shape index (κ3) is 8.00. The molecule has 0 spiro atoms. The molecule has 4 fully saturated rings. The van der Waals surface area contributed by atoms with E-state index in [0.717, 1.165) is 78.0 Å². The van der Waals surface area contributed by atoms with Crippen molar-refractivity contribution in [3.63, 3.8) is 0 Å². The van der Waals surface area contributed by atoms with Crippen LogP contribution in [0.3, 0.4) is 0 Å². The normalized spacial score (nSPS) is 39.7. The predicted octanol–water partition coefficient (Wildman–Crippen LogP) is 5.91. The molecule has 0 radical (unpaired) electrons. The number of rotatable bonds is 19. The Morgan fingerprint density at radius 3 is 2.14 bits per heavy atom. The van der Waals surface area contributed by atoms with Gasteiger partial charge < -0.3 is 36.1 Å². The summed E-state index contributed by atoms with van der Waals surface area (Å²) in [4.78, 5) is 0.